The van der Waals surface area contributed by atoms with Crippen LogP contribution in [0.2, 0.25) is 10.0 Å². The van der Waals surface area contributed by atoms with Gasteiger partial charge in [-0.2, -0.15) is 0 Å². The molecule has 1 aliphatic heterocycles. The van der Waals surface area contributed by atoms with Gasteiger partial charge in [-0.3, -0.25) is 9.59 Å². The SMILES string of the molecule is CCOc1ccc(/C(O)=C2\C(=O)C(=O)N(Cc3ccco3)C2c2ccc(Cl)c(Cl)c2)cc1. The van der Waals surface area contributed by atoms with Crippen molar-refractivity contribution in [2.75, 3.05) is 6.61 Å². The zero-order chi connectivity index (χ0) is 22.8. The number of hydrogen-bond donors (Lipinski definition) is 1. The molecule has 0 aliphatic carbocycles. The van der Waals surface area contributed by atoms with E-state index in [0.717, 1.165) is 0 Å². The first-order chi connectivity index (χ1) is 15.4. The number of nitrogens with zero attached hydrogens (tertiary/aromatic N) is 1. The molecule has 1 aromatic heterocycles. The summed E-state index contributed by atoms with van der Waals surface area (Å²) in [6.07, 6.45) is 1.49. The van der Waals surface area contributed by atoms with Gasteiger partial charge in [-0.05, 0) is 61.0 Å². The van der Waals surface area contributed by atoms with Gasteiger partial charge in [0, 0.05) is 5.56 Å². The van der Waals surface area contributed by atoms with Crippen molar-refractivity contribution in [3.63, 3.8) is 0 Å². The number of carbonyl (C=O) groups is 2. The highest BCUT2D eigenvalue weighted by Gasteiger charge is 2.46. The van der Waals surface area contributed by atoms with Gasteiger partial charge in [0.05, 0.1) is 41.1 Å². The maximum absolute atomic E-state index is 13.0. The second-order valence-corrected chi connectivity index (χ2v) is 7.95. The van der Waals surface area contributed by atoms with Crippen LogP contribution < -0.4 is 4.74 Å². The highest BCUT2D eigenvalue weighted by Crippen LogP contribution is 2.41. The fraction of sp³-hybridized carbons (Fsp3) is 0.167. The highest BCUT2D eigenvalue weighted by molar-refractivity contribution is 6.46. The number of rotatable bonds is 6. The fourth-order valence-electron chi connectivity index (χ4n) is 3.67. The molecule has 1 saturated heterocycles. The van der Waals surface area contributed by atoms with Crippen LogP contribution in [0.3, 0.4) is 0 Å². The Morgan fingerprint density at radius 3 is 2.47 bits per heavy atom. The lowest BCUT2D eigenvalue weighted by Crippen LogP contribution is -2.29. The summed E-state index contributed by atoms with van der Waals surface area (Å²) in [6, 6.07) is 14.0. The van der Waals surface area contributed by atoms with Crippen molar-refractivity contribution >= 4 is 40.7 Å². The molecule has 2 aromatic carbocycles. The van der Waals surface area contributed by atoms with Gasteiger partial charge in [-0.25, -0.2) is 0 Å². The summed E-state index contributed by atoms with van der Waals surface area (Å²) in [5.74, 6) is -0.699. The average Bonchev–Trinajstić information content (AvgIpc) is 3.38. The Labute approximate surface area is 194 Å². The number of aliphatic hydroxyl groups excluding tert-OH is 1. The van der Waals surface area contributed by atoms with E-state index in [2.05, 4.69) is 0 Å². The Bertz CT molecular complexity index is 1190. The molecule has 1 atom stereocenters. The van der Waals surface area contributed by atoms with Gasteiger partial charge in [0.25, 0.3) is 11.7 Å². The number of Topliss-reactive ketones (excluding diaryl/α,β-unsaturated/α-hetero) is 1. The van der Waals surface area contributed by atoms with Crippen LogP contribution in [-0.4, -0.2) is 28.3 Å². The summed E-state index contributed by atoms with van der Waals surface area (Å²) in [4.78, 5) is 27.4. The predicted octanol–water partition coefficient (Wildman–Crippen LogP) is 5.61. The van der Waals surface area contributed by atoms with Crippen LogP contribution in [-0.2, 0) is 16.1 Å². The van der Waals surface area contributed by atoms with Gasteiger partial charge < -0.3 is 19.2 Å². The topological polar surface area (TPSA) is 80.0 Å². The molecule has 0 bridgehead atoms. The van der Waals surface area contributed by atoms with Crippen molar-refractivity contribution in [3.05, 3.63) is 93.4 Å². The molecular weight excluding hydrogens is 453 g/mol. The lowest BCUT2D eigenvalue weighted by molar-refractivity contribution is -0.140. The lowest BCUT2D eigenvalue weighted by Gasteiger charge is -2.24. The number of likely N-dealkylation sites (tertiary alicyclic amines) is 1. The maximum Gasteiger partial charge on any atom is 0.296 e. The van der Waals surface area contributed by atoms with Crippen molar-refractivity contribution in [2.45, 2.75) is 19.5 Å². The minimum Gasteiger partial charge on any atom is -0.507 e. The molecule has 164 valence electrons. The Morgan fingerprint density at radius 1 is 1.09 bits per heavy atom. The minimum absolute atomic E-state index is 0.0379. The number of carbonyl (C=O) groups excluding carboxylic acids is 2. The van der Waals surface area contributed by atoms with Crippen LogP contribution in [0.4, 0.5) is 0 Å². The van der Waals surface area contributed by atoms with Crippen LogP contribution in [0.5, 0.6) is 5.75 Å². The number of aliphatic hydroxyl groups is 1. The normalized spacial score (nSPS) is 17.7. The van der Waals surface area contributed by atoms with Crippen LogP contribution in [0.1, 0.15) is 29.9 Å². The van der Waals surface area contributed by atoms with Crippen molar-refractivity contribution in [3.8, 4) is 5.75 Å². The van der Waals surface area contributed by atoms with Gasteiger partial charge >= 0.3 is 0 Å². The number of ether oxygens (including phenoxy) is 1. The molecule has 8 heteroatoms. The summed E-state index contributed by atoms with van der Waals surface area (Å²) < 4.78 is 10.8. The first-order valence-electron chi connectivity index (χ1n) is 9.89. The largest absolute Gasteiger partial charge is 0.507 e. The average molecular weight is 472 g/mol. The summed E-state index contributed by atoms with van der Waals surface area (Å²) in [5, 5.41) is 11.7. The Morgan fingerprint density at radius 2 is 1.84 bits per heavy atom. The first kappa shape index (κ1) is 22.0. The molecule has 4 rings (SSSR count). The third-order valence-corrected chi connectivity index (χ3v) is 5.88. The van der Waals surface area contributed by atoms with Crippen molar-refractivity contribution < 1.29 is 23.8 Å². The number of benzene rings is 2. The molecule has 0 saturated carbocycles. The van der Waals surface area contributed by atoms with E-state index in [1.165, 1.54) is 11.2 Å². The van der Waals surface area contributed by atoms with E-state index in [4.69, 9.17) is 32.4 Å². The Balaban J connectivity index is 1.84. The summed E-state index contributed by atoms with van der Waals surface area (Å²) in [7, 11) is 0. The maximum atomic E-state index is 13.0. The van der Waals surface area contributed by atoms with Gasteiger partial charge in [0.15, 0.2) is 0 Å². The van der Waals surface area contributed by atoms with Crippen molar-refractivity contribution in [2.24, 2.45) is 0 Å². The number of halogens is 2. The van der Waals surface area contributed by atoms with Crippen LogP contribution >= 0.6 is 23.2 Å². The Hall–Kier alpha value is -3.22. The molecule has 32 heavy (non-hydrogen) atoms. The zero-order valence-corrected chi connectivity index (χ0v) is 18.6. The van der Waals surface area contributed by atoms with Crippen LogP contribution in [0, 0.1) is 0 Å². The number of furan rings is 1. The monoisotopic (exact) mass is 471 g/mol. The van der Waals surface area contributed by atoms with E-state index in [1.807, 2.05) is 6.92 Å². The van der Waals surface area contributed by atoms with E-state index >= 15 is 0 Å². The predicted molar refractivity (Wildman–Crippen MR) is 121 cm³/mol. The molecule has 1 fully saturated rings. The summed E-state index contributed by atoms with van der Waals surface area (Å²) in [6.45, 7) is 2.41. The zero-order valence-electron chi connectivity index (χ0n) is 17.0. The van der Waals surface area contributed by atoms with E-state index in [0.29, 0.717) is 34.3 Å². The second-order valence-electron chi connectivity index (χ2n) is 7.14. The van der Waals surface area contributed by atoms with Gasteiger partial charge in [-0.1, -0.05) is 29.3 Å². The molecule has 0 spiro atoms. The fourth-order valence-corrected chi connectivity index (χ4v) is 3.98. The first-order valence-corrected chi connectivity index (χ1v) is 10.6. The molecular formula is C24H19Cl2NO5. The minimum atomic E-state index is -0.874. The summed E-state index contributed by atoms with van der Waals surface area (Å²) >= 11 is 12.3. The number of amides is 1. The van der Waals surface area contributed by atoms with Crippen molar-refractivity contribution in [1.29, 1.82) is 0 Å². The van der Waals surface area contributed by atoms with Gasteiger partial charge in [0.1, 0.15) is 17.3 Å². The third kappa shape index (κ3) is 4.11. The quantitative estimate of drug-likeness (QED) is 0.287. The molecule has 1 N–H and O–H groups in total. The van der Waals surface area contributed by atoms with E-state index in [9.17, 15) is 14.7 Å². The van der Waals surface area contributed by atoms with Gasteiger partial charge in [-0.15, -0.1) is 0 Å². The lowest BCUT2D eigenvalue weighted by atomic mass is 9.95. The second kappa shape index (κ2) is 9.10. The number of ketones is 1. The van der Waals surface area contributed by atoms with Crippen LogP contribution in [0.25, 0.3) is 5.76 Å². The van der Waals surface area contributed by atoms with E-state index < -0.39 is 17.7 Å². The smallest absolute Gasteiger partial charge is 0.296 e. The third-order valence-electron chi connectivity index (χ3n) is 5.14. The van der Waals surface area contributed by atoms with Crippen LogP contribution in [0.15, 0.2) is 70.9 Å². The standard InChI is InChI=1S/C24H19Cl2NO5/c1-2-31-16-8-5-14(6-9-16)22(28)20-21(15-7-10-18(25)19(26)12-15)27(24(30)23(20)29)13-17-4-3-11-32-17/h3-12,21,28H,2,13H2,1H3/b22-20+. The summed E-state index contributed by atoms with van der Waals surface area (Å²) in [5.41, 5.74) is 0.885. The molecule has 6 nitrogen and oxygen atoms in total. The Kier molecular flexibility index (Phi) is 6.26. The number of hydrogen-bond acceptors (Lipinski definition) is 5. The molecule has 1 amide bonds. The van der Waals surface area contributed by atoms with E-state index in [1.54, 1.807) is 54.6 Å². The molecule has 3 aromatic rings. The highest BCUT2D eigenvalue weighted by atomic mass is 35.5. The molecule has 1 aliphatic rings. The molecule has 1 unspecified atom stereocenters. The molecule has 0 radical (unpaired) electrons. The van der Waals surface area contributed by atoms with Gasteiger partial charge in [0.2, 0.25) is 0 Å². The van der Waals surface area contributed by atoms with E-state index in [-0.39, 0.29) is 22.9 Å². The molecule has 2 heterocycles. The van der Waals surface area contributed by atoms with Crippen molar-refractivity contribution in [1.82, 2.24) is 4.90 Å².